The minimum absolute atomic E-state index is 0. The molecule has 24 heavy (non-hydrogen) atoms. The fourth-order valence-electron chi connectivity index (χ4n) is 2.86. The molecule has 0 aliphatic carbocycles. The third kappa shape index (κ3) is 6.47. The maximum absolute atomic E-state index is 12.0. The van der Waals surface area contributed by atoms with Gasteiger partial charge in [-0.15, -0.1) is 12.4 Å². The van der Waals surface area contributed by atoms with Gasteiger partial charge in [0, 0.05) is 20.2 Å². The van der Waals surface area contributed by atoms with E-state index in [9.17, 15) is 9.59 Å². The molecule has 7 heteroatoms. The van der Waals surface area contributed by atoms with Crippen LogP contribution in [0.4, 0.5) is 0 Å². The Hall–Kier alpha value is -1.63. The molecule has 1 amide bonds. The molecule has 2 N–H and O–H groups in total. The molecule has 0 saturated carbocycles. The summed E-state index contributed by atoms with van der Waals surface area (Å²) in [4.78, 5) is 25.0. The van der Waals surface area contributed by atoms with Gasteiger partial charge in [-0.25, -0.2) is 0 Å². The van der Waals surface area contributed by atoms with E-state index in [0.717, 1.165) is 24.1 Å². The Labute approximate surface area is 148 Å². The van der Waals surface area contributed by atoms with Crippen molar-refractivity contribution in [1.82, 2.24) is 10.2 Å². The molecule has 134 valence electrons. The number of methoxy groups -OCH3 is 1. The highest BCUT2D eigenvalue weighted by Crippen LogP contribution is 2.16. The number of piperidine rings is 1. The largest absolute Gasteiger partial charge is 0.481 e. The highest BCUT2D eigenvalue weighted by Gasteiger charge is 2.26. The molecule has 0 radical (unpaired) electrons. The van der Waals surface area contributed by atoms with E-state index in [-0.39, 0.29) is 30.8 Å². The van der Waals surface area contributed by atoms with Gasteiger partial charge in [-0.05, 0) is 30.5 Å². The van der Waals surface area contributed by atoms with Crippen LogP contribution in [0.3, 0.4) is 0 Å². The number of amides is 1. The summed E-state index contributed by atoms with van der Waals surface area (Å²) < 4.78 is 5.10. The number of rotatable bonds is 7. The molecule has 0 bridgehead atoms. The molecule has 1 heterocycles. The van der Waals surface area contributed by atoms with Crippen LogP contribution in [-0.2, 0) is 27.5 Å². The van der Waals surface area contributed by atoms with Gasteiger partial charge in [0.1, 0.15) is 0 Å². The summed E-state index contributed by atoms with van der Waals surface area (Å²) in [6, 6.07) is 7.89. The van der Waals surface area contributed by atoms with E-state index in [2.05, 4.69) is 5.32 Å². The number of carboxylic acids is 1. The molecule has 1 saturated heterocycles. The zero-order chi connectivity index (χ0) is 16.7. The number of carboxylic acid groups (broad SMARTS) is 1. The average Bonchev–Trinajstić information content (AvgIpc) is 2.54. The molecule has 0 aromatic heterocycles. The van der Waals surface area contributed by atoms with E-state index in [1.807, 2.05) is 29.2 Å². The summed E-state index contributed by atoms with van der Waals surface area (Å²) in [5, 5.41) is 12.0. The normalized spacial score (nSPS) is 17.8. The predicted molar refractivity (Wildman–Crippen MR) is 93.0 cm³/mol. The highest BCUT2D eigenvalue weighted by molar-refractivity contribution is 5.85. The van der Waals surface area contributed by atoms with Crippen LogP contribution in [0.5, 0.6) is 0 Å². The van der Waals surface area contributed by atoms with Gasteiger partial charge >= 0.3 is 5.97 Å². The smallest absolute Gasteiger partial charge is 0.307 e. The van der Waals surface area contributed by atoms with Crippen molar-refractivity contribution in [1.29, 1.82) is 0 Å². The minimum Gasteiger partial charge on any atom is -0.481 e. The molecule has 1 aromatic rings. The molecule has 1 aromatic carbocycles. The van der Waals surface area contributed by atoms with Crippen molar-refractivity contribution in [2.75, 3.05) is 26.7 Å². The first-order chi connectivity index (χ1) is 11.1. The second-order valence-corrected chi connectivity index (χ2v) is 5.94. The second kappa shape index (κ2) is 10.3. The van der Waals surface area contributed by atoms with E-state index in [1.165, 1.54) is 0 Å². The number of benzene rings is 1. The van der Waals surface area contributed by atoms with Crippen LogP contribution < -0.4 is 5.32 Å². The van der Waals surface area contributed by atoms with Crippen LogP contribution >= 0.6 is 12.4 Å². The first-order valence-corrected chi connectivity index (χ1v) is 7.87. The van der Waals surface area contributed by atoms with E-state index in [4.69, 9.17) is 9.84 Å². The first kappa shape index (κ1) is 20.4. The van der Waals surface area contributed by atoms with Crippen LogP contribution in [0.15, 0.2) is 24.3 Å². The maximum Gasteiger partial charge on any atom is 0.307 e. The lowest BCUT2D eigenvalue weighted by Gasteiger charge is -2.29. The minimum atomic E-state index is -0.773. The number of hydrogen-bond acceptors (Lipinski definition) is 4. The molecule has 0 spiro atoms. The summed E-state index contributed by atoms with van der Waals surface area (Å²) in [6.45, 7) is 2.49. The van der Waals surface area contributed by atoms with Gasteiger partial charge in [0.05, 0.1) is 19.1 Å². The van der Waals surface area contributed by atoms with Gasteiger partial charge in [0.25, 0.3) is 0 Å². The van der Waals surface area contributed by atoms with E-state index in [0.29, 0.717) is 26.1 Å². The van der Waals surface area contributed by atoms with Gasteiger partial charge < -0.3 is 15.2 Å². The Morgan fingerprint density at radius 1 is 1.38 bits per heavy atom. The van der Waals surface area contributed by atoms with Crippen molar-refractivity contribution in [2.24, 2.45) is 5.92 Å². The molecule has 6 nitrogen and oxygen atoms in total. The summed E-state index contributed by atoms with van der Waals surface area (Å²) in [6.07, 6.45) is 1.52. The molecule has 2 rings (SSSR count). The quantitative estimate of drug-likeness (QED) is 0.777. The monoisotopic (exact) mass is 356 g/mol. The number of nitrogens with zero attached hydrogens (tertiary/aromatic N) is 1. The molecule has 1 atom stereocenters. The van der Waals surface area contributed by atoms with Crippen molar-refractivity contribution >= 4 is 24.3 Å². The van der Waals surface area contributed by atoms with Crippen LogP contribution in [-0.4, -0.2) is 48.6 Å². The van der Waals surface area contributed by atoms with Crippen LogP contribution in [0, 0.1) is 5.92 Å². The predicted octanol–water partition coefficient (Wildman–Crippen LogP) is 1.67. The second-order valence-electron chi connectivity index (χ2n) is 5.94. The third-order valence-electron chi connectivity index (χ3n) is 4.01. The van der Waals surface area contributed by atoms with Gasteiger partial charge in [0.15, 0.2) is 0 Å². The van der Waals surface area contributed by atoms with Gasteiger partial charge in [-0.1, -0.05) is 24.3 Å². The standard InChI is InChI=1S/C17H24N2O4.ClH/c1-23-12-14-5-2-4-13(8-14)9-18-16(20)11-19-7-3-6-15(10-19)17(21)22;/h2,4-5,8,15H,3,6-7,9-12H2,1H3,(H,18,20)(H,21,22);1H. The Morgan fingerprint density at radius 3 is 2.83 bits per heavy atom. The highest BCUT2D eigenvalue weighted by atomic mass is 35.5. The van der Waals surface area contributed by atoms with Crippen molar-refractivity contribution in [3.8, 4) is 0 Å². The van der Waals surface area contributed by atoms with Gasteiger partial charge in [0.2, 0.25) is 5.91 Å². The Balaban J connectivity index is 0.00000288. The lowest BCUT2D eigenvalue weighted by Crippen LogP contribution is -2.44. The number of carbonyl (C=O) groups is 2. The molecular formula is C17H25ClN2O4. The van der Waals surface area contributed by atoms with Crippen molar-refractivity contribution < 1.29 is 19.4 Å². The zero-order valence-corrected chi connectivity index (χ0v) is 14.7. The lowest BCUT2D eigenvalue weighted by molar-refractivity contribution is -0.144. The van der Waals surface area contributed by atoms with Gasteiger partial charge in [-0.3, -0.25) is 14.5 Å². The summed E-state index contributed by atoms with van der Waals surface area (Å²) in [5.74, 6) is -1.21. The van der Waals surface area contributed by atoms with Crippen molar-refractivity contribution in [3.63, 3.8) is 0 Å². The number of ether oxygens (including phenoxy) is 1. The van der Waals surface area contributed by atoms with Crippen LogP contribution in [0.2, 0.25) is 0 Å². The van der Waals surface area contributed by atoms with Crippen LogP contribution in [0.25, 0.3) is 0 Å². The third-order valence-corrected chi connectivity index (χ3v) is 4.01. The molecule has 1 aliphatic heterocycles. The fraction of sp³-hybridized carbons (Fsp3) is 0.529. The van der Waals surface area contributed by atoms with E-state index in [1.54, 1.807) is 7.11 Å². The maximum atomic E-state index is 12.0. The number of carbonyl (C=O) groups excluding carboxylic acids is 1. The summed E-state index contributed by atoms with van der Waals surface area (Å²) in [7, 11) is 1.65. The Kier molecular flexibility index (Phi) is 8.74. The Morgan fingerprint density at radius 2 is 2.12 bits per heavy atom. The summed E-state index contributed by atoms with van der Waals surface area (Å²) >= 11 is 0. The van der Waals surface area contributed by atoms with Crippen LogP contribution in [0.1, 0.15) is 24.0 Å². The SMILES string of the molecule is COCc1cccc(CNC(=O)CN2CCCC(C(=O)O)C2)c1.Cl. The zero-order valence-electron chi connectivity index (χ0n) is 13.9. The summed E-state index contributed by atoms with van der Waals surface area (Å²) in [5.41, 5.74) is 2.09. The Bertz CT molecular complexity index is 553. The van der Waals surface area contributed by atoms with E-state index >= 15 is 0 Å². The number of nitrogens with one attached hydrogen (secondary N) is 1. The molecule has 1 unspecified atom stereocenters. The number of likely N-dealkylation sites (tertiary alicyclic amines) is 1. The molecule has 1 aliphatic rings. The number of halogens is 1. The van der Waals surface area contributed by atoms with E-state index < -0.39 is 5.97 Å². The topological polar surface area (TPSA) is 78.9 Å². The van der Waals surface area contributed by atoms with Crippen molar-refractivity contribution in [2.45, 2.75) is 26.0 Å². The average molecular weight is 357 g/mol. The molecular weight excluding hydrogens is 332 g/mol. The number of hydrogen-bond donors (Lipinski definition) is 2. The fourth-order valence-corrected chi connectivity index (χ4v) is 2.86. The van der Waals surface area contributed by atoms with Crippen molar-refractivity contribution in [3.05, 3.63) is 35.4 Å². The molecule has 1 fully saturated rings. The van der Waals surface area contributed by atoms with Gasteiger partial charge in [-0.2, -0.15) is 0 Å². The first-order valence-electron chi connectivity index (χ1n) is 7.87. The number of aliphatic carboxylic acids is 1. The lowest BCUT2D eigenvalue weighted by atomic mass is 9.98.